The molecule has 10 rings (SSSR count). The Morgan fingerprint density at radius 2 is 0.859 bits per heavy atom. The van der Waals surface area contributed by atoms with Gasteiger partial charge in [-0.25, -0.2) is 29.7 Å². The monoisotopic (exact) mass is 1140 g/mol. The van der Waals surface area contributed by atoms with Crippen molar-refractivity contribution in [1.82, 2.24) is 49.5 Å². The van der Waals surface area contributed by atoms with Crippen LogP contribution in [0.5, 0.6) is 6.01 Å². The van der Waals surface area contributed by atoms with Gasteiger partial charge in [-0.2, -0.15) is 10.2 Å². The fourth-order valence-electron chi connectivity index (χ4n) is 8.87. The lowest BCUT2D eigenvalue weighted by Gasteiger charge is -2.18. The van der Waals surface area contributed by atoms with E-state index in [9.17, 15) is 4.79 Å². The number of aryl methyl sites for hydroxylation is 2. The van der Waals surface area contributed by atoms with Gasteiger partial charge in [-0.1, -0.05) is 191 Å². The van der Waals surface area contributed by atoms with Gasteiger partial charge in [-0.3, -0.25) is 9.36 Å². The van der Waals surface area contributed by atoms with Crippen LogP contribution in [-0.2, 0) is 12.6 Å². The molecule has 0 saturated heterocycles. The van der Waals surface area contributed by atoms with Gasteiger partial charge in [0.15, 0.2) is 0 Å². The highest BCUT2D eigenvalue weighted by molar-refractivity contribution is 5.67. The molecule has 5 heterocycles. The van der Waals surface area contributed by atoms with Crippen molar-refractivity contribution in [3.05, 3.63) is 221 Å². The van der Waals surface area contributed by atoms with Crippen LogP contribution >= 0.6 is 0 Å². The summed E-state index contributed by atoms with van der Waals surface area (Å²) in [6, 6.07) is 43.1. The smallest absolute Gasteiger partial charge is 0.344 e. The molecule has 13 heteroatoms. The number of aromatic amines is 1. The first-order valence-electron chi connectivity index (χ1n) is 29.4. The minimum Gasteiger partial charge on any atom is -0.467 e. The third-order valence-electron chi connectivity index (χ3n) is 14.2. The second-order valence-electron chi connectivity index (χ2n) is 24.0. The van der Waals surface area contributed by atoms with Crippen molar-refractivity contribution < 1.29 is 4.74 Å². The van der Waals surface area contributed by atoms with E-state index in [-0.39, 0.29) is 11.2 Å². The molecule has 10 aromatic rings. The van der Waals surface area contributed by atoms with E-state index in [0.29, 0.717) is 35.6 Å². The highest BCUT2D eigenvalue weighted by Gasteiger charge is 2.15. The predicted molar refractivity (Wildman–Crippen MR) is 353 cm³/mol. The summed E-state index contributed by atoms with van der Waals surface area (Å²) < 4.78 is 8.83. The Hall–Kier alpha value is -8.84. The third-order valence-corrected chi connectivity index (χ3v) is 14.2. The lowest BCUT2D eigenvalue weighted by Crippen LogP contribution is -2.21. The number of ether oxygens (including phenoxy) is 1. The second-order valence-corrected chi connectivity index (χ2v) is 24.0. The van der Waals surface area contributed by atoms with E-state index >= 15 is 0 Å². The molecule has 0 unspecified atom stereocenters. The number of nitrogens with one attached hydrogen (secondary N) is 1. The van der Waals surface area contributed by atoms with Crippen LogP contribution in [0.4, 0.5) is 5.95 Å². The van der Waals surface area contributed by atoms with Gasteiger partial charge < -0.3 is 14.6 Å². The van der Waals surface area contributed by atoms with Gasteiger partial charge in [0.25, 0.3) is 0 Å². The van der Waals surface area contributed by atoms with Crippen molar-refractivity contribution in [3.63, 3.8) is 0 Å². The Balaban J connectivity index is 0.000000170. The fraction of sp³-hybridized carbons (Fsp3) is 0.333. The van der Waals surface area contributed by atoms with E-state index in [2.05, 4.69) is 259 Å². The summed E-state index contributed by atoms with van der Waals surface area (Å²) in [5, 5.41) is 8.83. The van der Waals surface area contributed by atoms with Crippen LogP contribution in [0.15, 0.2) is 182 Å². The number of hydrogen-bond acceptors (Lipinski definition) is 10. The largest absolute Gasteiger partial charge is 0.467 e. The van der Waals surface area contributed by atoms with E-state index in [1.807, 2.05) is 66.1 Å². The van der Waals surface area contributed by atoms with E-state index in [4.69, 9.17) is 4.74 Å². The first-order valence-corrected chi connectivity index (χ1v) is 29.4. The molecule has 0 amide bonds. The second kappa shape index (κ2) is 30.6. The summed E-state index contributed by atoms with van der Waals surface area (Å²) >= 11 is 0. The van der Waals surface area contributed by atoms with Crippen molar-refractivity contribution in [3.8, 4) is 61.6 Å². The minimum absolute atomic E-state index is 0.0356. The number of methoxy groups -OCH3 is 1. The van der Waals surface area contributed by atoms with Crippen LogP contribution in [0.3, 0.4) is 0 Å². The topological polar surface area (TPSA) is 145 Å². The van der Waals surface area contributed by atoms with Crippen LogP contribution < -0.4 is 15.3 Å². The molecule has 5 aromatic heterocycles. The molecular weight excluding hydrogens is 1050 g/mol. The fourth-order valence-corrected chi connectivity index (χ4v) is 8.87. The molecule has 444 valence electrons. The van der Waals surface area contributed by atoms with Crippen molar-refractivity contribution in [2.45, 2.75) is 132 Å². The maximum Gasteiger partial charge on any atom is 0.344 e. The summed E-state index contributed by atoms with van der Waals surface area (Å²) in [5.74, 6) is 3.41. The average molecular weight is 1140 g/mol. The number of aromatic nitrogens is 10. The molecule has 0 aliphatic carbocycles. The van der Waals surface area contributed by atoms with Gasteiger partial charge in [0.1, 0.15) is 0 Å². The molecule has 0 saturated carbocycles. The van der Waals surface area contributed by atoms with Crippen molar-refractivity contribution >= 4 is 5.95 Å². The molecule has 0 bridgehead atoms. The standard InChI is InChI=1S/C16H22N2.C15H19N3.C14H16N2O.C14H18N2.C13H14N2O/c1-12(2)13-7-6-8-14(9-13)15-10-17-18(11-15)16(3,4)5;1-11(2)12-6-5-7-13(8-12)14-9-16-15(17-10-14)18(3)4;1-10(2)11-5-4-6-12(7-11)13-8-15-14(17-3)16-9-13;1-10(2)12-6-5-7-13(8-12)14-9-16(4)15-11(14)3;1-9(2)10-4-3-5-11(6-10)12-7-14-13(16)15-8-12/h6-12H,1-5H3;5-11H,1-4H3;4-10H,1-3H3;5-10H,1-4H3;3-9H,1-2H3,(H,14,15,16). The summed E-state index contributed by atoms with van der Waals surface area (Å²) in [6.45, 7) is 30.5. The Morgan fingerprint density at radius 1 is 0.482 bits per heavy atom. The molecule has 0 aliphatic rings. The Bertz CT molecular complexity index is 3690. The van der Waals surface area contributed by atoms with Crippen LogP contribution in [0.2, 0.25) is 0 Å². The normalized spacial score (nSPS) is 11.0. The van der Waals surface area contributed by atoms with Gasteiger partial charge in [0.05, 0.1) is 24.5 Å². The molecule has 0 aliphatic heterocycles. The summed E-state index contributed by atoms with van der Waals surface area (Å²) in [6.07, 6.45) is 16.8. The zero-order valence-electron chi connectivity index (χ0n) is 53.4. The highest BCUT2D eigenvalue weighted by atomic mass is 16.5. The molecule has 5 aromatic carbocycles. The average Bonchev–Trinajstić information content (AvgIpc) is 4.40. The minimum atomic E-state index is -0.316. The van der Waals surface area contributed by atoms with Crippen molar-refractivity contribution in [2.24, 2.45) is 7.05 Å². The Labute approximate surface area is 505 Å². The summed E-state index contributed by atoms with van der Waals surface area (Å²) in [5.41, 5.74) is 18.8. The van der Waals surface area contributed by atoms with Crippen molar-refractivity contribution in [1.29, 1.82) is 0 Å². The lowest BCUT2D eigenvalue weighted by atomic mass is 9.98. The Kier molecular flexibility index (Phi) is 23.5. The zero-order chi connectivity index (χ0) is 62.0. The lowest BCUT2D eigenvalue weighted by molar-refractivity contribution is 0.355. The van der Waals surface area contributed by atoms with Crippen molar-refractivity contribution in [2.75, 3.05) is 26.1 Å². The SMILES string of the molecule is CC(C)c1cccc(-c2cnc(=O)[nH]c2)c1.CC(C)c1cccc(-c2cnc(N(C)C)nc2)c1.CC(C)c1cccc(-c2cnn(C(C)(C)C)c2)c1.COc1ncc(-c2cccc(C(C)C)c2)cn1.Cc1nn(C)cc1-c1cccc(C(C)C)c1. The van der Waals surface area contributed by atoms with Gasteiger partial charge >= 0.3 is 11.7 Å². The van der Waals surface area contributed by atoms with Crippen LogP contribution in [0.1, 0.15) is 153 Å². The molecule has 0 fully saturated rings. The van der Waals surface area contributed by atoms with Gasteiger partial charge in [0, 0.05) is 98.5 Å². The summed E-state index contributed by atoms with van der Waals surface area (Å²) in [4.78, 5) is 36.0. The van der Waals surface area contributed by atoms with Gasteiger partial charge in [0.2, 0.25) is 5.95 Å². The number of hydrogen-bond donors (Lipinski definition) is 1. The number of anilines is 1. The quantitative estimate of drug-likeness (QED) is 0.125. The van der Waals surface area contributed by atoms with Gasteiger partial charge in [-0.15, -0.1) is 0 Å². The molecular formula is C72H89N11O2. The maximum absolute atomic E-state index is 10.9. The first kappa shape index (κ1) is 65.3. The molecule has 85 heavy (non-hydrogen) atoms. The molecule has 0 atom stereocenters. The zero-order valence-corrected chi connectivity index (χ0v) is 53.4. The highest BCUT2D eigenvalue weighted by Crippen LogP contribution is 2.29. The number of benzene rings is 5. The van der Waals surface area contributed by atoms with Crippen LogP contribution in [-0.4, -0.2) is 70.7 Å². The molecule has 13 nitrogen and oxygen atoms in total. The molecule has 0 spiro atoms. The number of nitrogens with zero attached hydrogens (tertiary/aromatic N) is 10. The Morgan fingerprint density at radius 3 is 1.20 bits per heavy atom. The number of rotatable bonds is 12. The molecule has 0 radical (unpaired) electrons. The summed E-state index contributed by atoms with van der Waals surface area (Å²) in [7, 11) is 7.40. The van der Waals surface area contributed by atoms with E-state index in [1.54, 1.807) is 31.9 Å². The van der Waals surface area contributed by atoms with E-state index in [0.717, 1.165) is 39.5 Å². The van der Waals surface area contributed by atoms with E-state index < -0.39 is 0 Å². The predicted octanol–water partition coefficient (Wildman–Crippen LogP) is 17.1. The van der Waals surface area contributed by atoms with Crippen LogP contribution in [0, 0.1) is 6.92 Å². The van der Waals surface area contributed by atoms with Gasteiger partial charge in [-0.05, 0) is 113 Å². The van der Waals surface area contributed by atoms with Crippen LogP contribution in [0.25, 0.3) is 55.6 Å². The van der Waals surface area contributed by atoms with E-state index in [1.165, 1.54) is 55.6 Å². The first-order chi connectivity index (χ1) is 40.4. The maximum atomic E-state index is 10.9. The molecule has 1 N–H and O–H groups in total. The third kappa shape index (κ3) is 19.4. The number of H-pyrrole nitrogens is 1.